The summed E-state index contributed by atoms with van der Waals surface area (Å²) in [4.78, 5) is 8.57. The third kappa shape index (κ3) is 3.92. The molecule has 0 aliphatic heterocycles. The Labute approximate surface area is 137 Å². The predicted octanol–water partition coefficient (Wildman–Crippen LogP) is 3.73. The number of nitrogens with zero attached hydrogens (tertiary/aromatic N) is 2. The molecule has 1 saturated carbocycles. The molecule has 5 heteroatoms. The van der Waals surface area contributed by atoms with Crippen LogP contribution in [0.15, 0.2) is 30.6 Å². The van der Waals surface area contributed by atoms with E-state index >= 15 is 0 Å². The number of benzene rings is 1. The van der Waals surface area contributed by atoms with Gasteiger partial charge in [-0.3, -0.25) is 4.98 Å². The van der Waals surface area contributed by atoms with Crippen LogP contribution in [-0.4, -0.2) is 23.2 Å². The Kier molecular flexibility index (Phi) is 4.95. The molecule has 1 heterocycles. The van der Waals surface area contributed by atoms with Crippen LogP contribution in [0.2, 0.25) is 0 Å². The van der Waals surface area contributed by atoms with E-state index in [1.54, 1.807) is 19.5 Å². The number of aromatic nitrogens is 2. The second kappa shape index (κ2) is 7.31. The molecular formula is C18H23N3O2. The summed E-state index contributed by atoms with van der Waals surface area (Å²) in [6.45, 7) is 2.59. The fourth-order valence-corrected chi connectivity index (χ4v) is 2.86. The highest BCUT2D eigenvalue weighted by Crippen LogP contribution is 2.30. The molecule has 23 heavy (non-hydrogen) atoms. The monoisotopic (exact) mass is 313 g/mol. The normalized spacial score (nSPS) is 14.7. The number of aryl methyl sites for hydroxylation is 1. The lowest BCUT2D eigenvalue weighted by Gasteiger charge is -2.18. The Hall–Kier alpha value is -2.30. The molecular weight excluding hydrogens is 290 g/mol. The number of methoxy groups -OCH3 is 1. The second-order valence-electron chi connectivity index (χ2n) is 5.84. The van der Waals surface area contributed by atoms with E-state index in [1.165, 1.54) is 12.8 Å². The van der Waals surface area contributed by atoms with Gasteiger partial charge in [0, 0.05) is 30.6 Å². The highest BCUT2D eigenvalue weighted by molar-refractivity contribution is 5.45. The highest BCUT2D eigenvalue weighted by Gasteiger charge is 2.18. The smallest absolute Gasteiger partial charge is 0.147 e. The van der Waals surface area contributed by atoms with Crippen LogP contribution in [0.4, 0.5) is 5.82 Å². The van der Waals surface area contributed by atoms with Gasteiger partial charge in [0.05, 0.1) is 18.9 Å². The molecule has 0 radical (unpaired) electrons. The molecule has 0 unspecified atom stereocenters. The van der Waals surface area contributed by atoms with Crippen LogP contribution in [0.5, 0.6) is 11.5 Å². The first-order chi connectivity index (χ1) is 11.3. The minimum Gasteiger partial charge on any atom is -0.497 e. The number of anilines is 1. The van der Waals surface area contributed by atoms with Gasteiger partial charge in [-0.25, -0.2) is 4.98 Å². The zero-order chi connectivity index (χ0) is 16.1. The summed E-state index contributed by atoms with van der Waals surface area (Å²) in [6, 6.07) is 5.97. The Balaban J connectivity index is 1.75. The fraction of sp³-hybridized carbons (Fsp3) is 0.444. The van der Waals surface area contributed by atoms with E-state index in [0.29, 0.717) is 12.6 Å². The molecule has 5 nitrogen and oxygen atoms in total. The van der Waals surface area contributed by atoms with Crippen molar-refractivity contribution in [2.45, 2.75) is 45.3 Å². The van der Waals surface area contributed by atoms with Gasteiger partial charge >= 0.3 is 0 Å². The maximum atomic E-state index is 6.21. The number of ether oxygens (including phenoxy) is 2. The van der Waals surface area contributed by atoms with Crippen molar-refractivity contribution in [3.8, 4) is 11.5 Å². The van der Waals surface area contributed by atoms with Gasteiger partial charge in [-0.15, -0.1) is 0 Å². The number of nitrogens with one attached hydrogen (secondary N) is 1. The van der Waals surface area contributed by atoms with Crippen molar-refractivity contribution in [1.29, 1.82) is 0 Å². The van der Waals surface area contributed by atoms with E-state index in [-0.39, 0.29) is 0 Å². The zero-order valence-corrected chi connectivity index (χ0v) is 13.7. The van der Waals surface area contributed by atoms with Crippen molar-refractivity contribution in [2.75, 3.05) is 12.4 Å². The van der Waals surface area contributed by atoms with E-state index in [0.717, 1.165) is 41.4 Å². The van der Waals surface area contributed by atoms with Crippen molar-refractivity contribution in [3.05, 3.63) is 41.9 Å². The average molecular weight is 313 g/mol. The Morgan fingerprint density at radius 2 is 1.96 bits per heavy atom. The maximum absolute atomic E-state index is 6.21. The SMILES string of the molecule is COc1ccc(CNc2nccnc2C)c(OC2CCCC2)c1. The van der Waals surface area contributed by atoms with E-state index in [2.05, 4.69) is 15.3 Å². The van der Waals surface area contributed by atoms with E-state index < -0.39 is 0 Å². The Morgan fingerprint density at radius 3 is 2.70 bits per heavy atom. The first-order valence-electron chi connectivity index (χ1n) is 8.11. The molecule has 0 saturated heterocycles. The van der Waals surface area contributed by atoms with Crippen molar-refractivity contribution in [2.24, 2.45) is 0 Å². The van der Waals surface area contributed by atoms with Gasteiger partial charge in [0.2, 0.25) is 0 Å². The Morgan fingerprint density at radius 1 is 1.17 bits per heavy atom. The molecule has 0 amide bonds. The molecule has 2 aromatic rings. The minimum absolute atomic E-state index is 0.319. The summed E-state index contributed by atoms with van der Waals surface area (Å²) in [7, 11) is 1.68. The van der Waals surface area contributed by atoms with Crippen LogP contribution < -0.4 is 14.8 Å². The second-order valence-corrected chi connectivity index (χ2v) is 5.84. The molecule has 3 rings (SSSR count). The largest absolute Gasteiger partial charge is 0.497 e. The first-order valence-corrected chi connectivity index (χ1v) is 8.11. The average Bonchev–Trinajstić information content (AvgIpc) is 3.08. The summed E-state index contributed by atoms with van der Waals surface area (Å²) in [5.41, 5.74) is 1.99. The molecule has 0 spiro atoms. The molecule has 0 atom stereocenters. The molecule has 1 aromatic carbocycles. The van der Waals surface area contributed by atoms with Gasteiger partial charge < -0.3 is 14.8 Å². The van der Waals surface area contributed by atoms with Crippen LogP contribution >= 0.6 is 0 Å². The Bertz CT molecular complexity index is 654. The van der Waals surface area contributed by atoms with Crippen molar-refractivity contribution in [1.82, 2.24) is 9.97 Å². The summed E-state index contributed by atoms with van der Waals surface area (Å²) < 4.78 is 11.5. The molecule has 0 bridgehead atoms. The van der Waals surface area contributed by atoms with Crippen LogP contribution in [0.25, 0.3) is 0 Å². The summed E-state index contributed by atoms with van der Waals surface area (Å²) in [5, 5.41) is 3.34. The molecule has 1 N–H and O–H groups in total. The summed E-state index contributed by atoms with van der Waals surface area (Å²) in [6.07, 6.45) is 8.48. The third-order valence-corrected chi connectivity index (χ3v) is 4.20. The first kappa shape index (κ1) is 15.6. The van der Waals surface area contributed by atoms with Crippen LogP contribution in [0.3, 0.4) is 0 Å². The molecule has 1 aromatic heterocycles. The highest BCUT2D eigenvalue weighted by atomic mass is 16.5. The lowest BCUT2D eigenvalue weighted by molar-refractivity contribution is 0.207. The zero-order valence-electron chi connectivity index (χ0n) is 13.7. The van der Waals surface area contributed by atoms with Gasteiger partial charge in [-0.2, -0.15) is 0 Å². The van der Waals surface area contributed by atoms with E-state index in [1.807, 2.05) is 25.1 Å². The van der Waals surface area contributed by atoms with E-state index in [4.69, 9.17) is 9.47 Å². The lowest BCUT2D eigenvalue weighted by Crippen LogP contribution is -2.13. The van der Waals surface area contributed by atoms with Gasteiger partial charge in [0.1, 0.15) is 17.3 Å². The van der Waals surface area contributed by atoms with Crippen molar-refractivity contribution < 1.29 is 9.47 Å². The fourth-order valence-electron chi connectivity index (χ4n) is 2.86. The van der Waals surface area contributed by atoms with Gasteiger partial charge in [-0.05, 0) is 44.7 Å². The van der Waals surface area contributed by atoms with Crippen LogP contribution in [0, 0.1) is 6.92 Å². The molecule has 122 valence electrons. The third-order valence-electron chi connectivity index (χ3n) is 4.20. The number of rotatable bonds is 6. The standard InChI is InChI=1S/C18H23N3O2/c1-13-18(20-10-9-19-13)21-12-14-7-8-16(22-2)11-17(14)23-15-5-3-4-6-15/h7-11,15H,3-6,12H2,1-2H3,(H,20,21). The summed E-state index contributed by atoms with van der Waals surface area (Å²) in [5.74, 6) is 2.51. The van der Waals surface area contributed by atoms with Gasteiger partial charge in [0.15, 0.2) is 0 Å². The summed E-state index contributed by atoms with van der Waals surface area (Å²) >= 11 is 0. The van der Waals surface area contributed by atoms with Crippen LogP contribution in [0.1, 0.15) is 36.9 Å². The number of hydrogen-bond donors (Lipinski definition) is 1. The van der Waals surface area contributed by atoms with Crippen LogP contribution in [-0.2, 0) is 6.54 Å². The maximum Gasteiger partial charge on any atom is 0.147 e. The molecule has 1 aliphatic carbocycles. The topological polar surface area (TPSA) is 56.3 Å². The van der Waals surface area contributed by atoms with E-state index in [9.17, 15) is 0 Å². The molecule has 1 aliphatic rings. The predicted molar refractivity (Wildman–Crippen MR) is 90.0 cm³/mol. The van der Waals surface area contributed by atoms with Gasteiger partial charge in [-0.1, -0.05) is 0 Å². The lowest BCUT2D eigenvalue weighted by atomic mass is 10.1. The minimum atomic E-state index is 0.319. The number of hydrogen-bond acceptors (Lipinski definition) is 5. The molecule has 1 fully saturated rings. The van der Waals surface area contributed by atoms with Gasteiger partial charge in [0.25, 0.3) is 0 Å². The van der Waals surface area contributed by atoms with Crippen molar-refractivity contribution in [3.63, 3.8) is 0 Å². The quantitative estimate of drug-likeness (QED) is 0.880. The van der Waals surface area contributed by atoms with Crippen molar-refractivity contribution >= 4 is 5.82 Å².